The predicted molar refractivity (Wildman–Crippen MR) is 157 cm³/mol. The summed E-state index contributed by atoms with van der Waals surface area (Å²) in [4.78, 5) is 33.3. The van der Waals surface area contributed by atoms with E-state index >= 15 is 0 Å². The Morgan fingerprint density at radius 3 is 2.56 bits per heavy atom. The van der Waals surface area contributed by atoms with Gasteiger partial charge in [-0.1, -0.05) is 81.0 Å². The highest BCUT2D eigenvalue weighted by atomic mass is 32.1. The number of carbonyl (C=O) groups excluding carboxylic acids is 2. The molecule has 1 N–H and O–H groups in total. The van der Waals surface area contributed by atoms with Crippen molar-refractivity contribution in [1.82, 2.24) is 4.98 Å². The fraction of sp³-hybridized carbons (Fsp3) is 0.281. The summed E-state index contributed by atoms with van der Waals surface area (Å²) in [5, 5.41) is 11.9. The van der Waals surface area contributed by atoms with E-state index in [4.69, 9.17) is 9.72 Å². The lowest BCUT2D eigenvalue weighted by atomic mass is 9.93. The highest BCUT2D eigenvalue weighted by molar-refractivity contribution is 7.22. The van der Waals surface area contributed by atoms with Crippen molar-refractivity contribution in [2.75, 3.05) is 11.5 Å². The van der Waals surface area contributed by atoms with Crippen molar-refractivity contribution in [2.45, 2.75) is 52.5 Å². The molecule has 1 fully saturated rings. The largest absolute Gasteiger partial charge is 0.507 e. The quantitative estimate of drug-likeness (QED) is 0.108. The molecule has 3 aromatic carbocycles. The SMILES string of the molecule is CCCCOc1cccc(/C(O)=C2\C(=O)C(=O)N(c3nc4ccc(C)cc4s3)C2c2ccc(C(C)C)cc2)c1. The van der Waals surface area contributed by atoms with Gasteiger partial charge in [-0.15, -0.1) is 0 Å². The molecule has 0 bridgehead atoms. The third-order valence-corrected chi connectivity index (χ3v) is 7.99. The van der Waals surface area contributed by atoms with E-state index in [1.165, 1.54) is 16.2 Å². The number of nitrogens with zero attached hydrogens (tertiary/aromatic N) is 2. The summed E-state index contributed by atoms with van der Waals surface area (Å²) in [6.07, 6.45) is 1.92. The highest BCUT2D eigenvalue weighted by Gasteiger charge is 2.48. The molecule has 0 saturated carbocycles. The van der Waals surface area contributed by atoms with Gasteiger partial charge in [0.15, 0.2) is 5.13 Å². The van der Waals surface area contributed by atoms with Crippen LogP contribution in [0.1, 0.15) is 67.8 Å². The van der Waals surface area contributed by atoms with E-state index in [1.807, 2.05) is 55.5 Å². The van der Waals surface area contributed by atoms with Crippen LogP contribution in [0.3, 0.4) is 0 Å². The van der Waals surface area contributed by atoms with Gasteiger partial charge in [0, 0.05) is 5.56 Å². The number of hydrogen-bond acceptors (Lipinski definition) is 6. The van der Waals surface area contributed by atoms with Crippen molar-refractivity contribution in [3.8, 4) is 5.75 Å². The van der Waals surface area contributed by atoms with E-state index in [2.05, 4.69) is 20.8 Å². The normalized spacial score (nSPS) is 16.9. The van der Waals surface area contributed by atoms with E-state index in [-0.39, 0.29) is 11.3 Å². The van der Waals surface area contributed by atoms with Crippen LogP contribution in [0.2, 0.25) is 0 Å². The number of thiazole rings is 1. The second kappa shape index (κ2) is 11.0. The molecule has 4 aromatic rings. The Hall–Kier alpha value is -3.97. The fourth-order valence-electron chi connectivity index (χ4n) is 4.75. The lowest BCUT2D eigenvalue weighted by Crippen LogP contribution is -2.29. The van der Waals surface area contributed by atoms with Crippen LogP contribution in [0, 0.1) is 6.92 Å². The summed E-state index contributed by atoms with van der Waals surface area (Å²) in [6, 6.07) is 19.9. The van der Waals surface area contributed by atoms with Crippen LogP contribution >= 0.6 is 11.3 Å². The van der Waals surface area contributed by atoms with E-state index in [1.54, 1.807) is 18.2 Å². The van der Waals surface area contributed by atoms with Crippen LogP contribution in [-0.4, -0.2) is 28.4 Å². The monoisotopic (exact) mass is 540 g/mol. The van der Waals surface area contributed by atoms with E-state index in [0.717, 1.165) is 39.7 Å². The number of hydrogen-bond donors (Lipinski definition) is 1. The predicted octanol–water partition coefficient (Wildman–Crippen LogP) is 7.53. The molecule has 5 rings (SSSR count). The molecule has 2 heterocycles. The zero-order valence-electron chi connectivity index (χ0n) is 22.6. The molecule has 1 aromatic heterocycles. The van der Waals surface area contributed by atoms with Crippen molar-refractivity contribution in [3.63, 3.8) is 0 Å². The molecule has 1 aliphatic heterocycles. The van der Waals surface area contributed by atoms with Gasteiger partial charge in [0.25, 0.3) is 5.78 Å². The zero-order chi connectivity index (χ0) is 27.7. The minimum absolute atomic E-state index is 0.0402. The number of anilines is 1. The highest BCUT2D eigenvalue weighted by Crippen LogP contribution is 2.44. The van der Waals surface area contributed by atoms with Crippen LogP contribution in [-0.2, 0) is 9.59 Å². The molecule has 0 radical (unpaired) electrons. The van der Waals surface area contributed by atoms with Crippen LogP contribution in [0.4, 0.5) is 5.13 Å². The van der Waals surface area contributed by atoms with Gasteiger partial charge >= 0.3 is 5.91 Å². The average Bonchev–Trinajstić information content (AvgIpc) is 3.46. The third kappa shape index (κ3) is 5.19. The Morgan fingerprint density at radius 1 is 1.08 bits per heavy atom. The maximum Gasteiger partial charge on any atom is 0.301 e. The minimum atomic E-state index is -0.822. The number of ketones is 1. The van der Waals surface area contributed by atoms with Gasteiger partial charge in [-0.25, -0.2) is 4.98 Å². The van der Waals surface area contributed by atoms with E-state index in [9.17, 15) is 14.7 Å². The molecule has 200 valence electrons. The zero-order valence-corrected chi connectivity index (χ0v) is 23.4. The Balaban J connectivity index is 1.65. The van der Waals surface area contributed by atoms with Gasteiger partial charge in [-0.2, -0.15) is 0 Å². The number of aromatic nitrogens is 1. The number of ether oxygens (including phenoxy) is 1. The van der Waals surface area contributed by atoms with E-state index in [0.29, 0.717) is 29.0 Å². The van der Waals surface area contributed by atoms with Crippen molar-refractivity contribution in [3.05, 3.63) is 94.6 Å². The molecular weight excluding hydrogens is 508 g/mol. The summed E-state index contributed by atoms with van der Waals surface area (Å²) in [6.45, 7) is 8.87. The molecule has 0 spiro atoms. The van der Waals surface area contributed by atoms with Gasteiger partial charge in [-0.3, -0.25) is 14.5 Å². The summed E-state index contributed by atoms with van der Waals surface area (Å²) < 4.78 is 6.75. The summed E-state index contributed by atoms with van der Waals surface area (Å²) in [5.74, 6) is -0.750. The number of fused-ring (bicyclic) bond motifs is 1. The molecule has 1 amide bonds. The van der Waals surface area contributed by atoms with Crippen molar-refractivity contribution < 1.29 is 19.4 Å². The maximum atomic E-state index is 13.6. The number of benzene rings is 3. The number of amides is 1. The maximum absolute atomic E-state index is 13.6. The van der Waals surface area contributed by atoms with Gasteiger partial charge in [0.1, 0.15) is 11.5 Å². The number of unbranched alkanes of at least 4 members (excludes halogenated alkanes) is 1. The van der Waals surface area contributed by atoms with Gasteiger partial charge in [-0.05, 0) is 60.2 Å². The lowest BCUT2D eigenvalue weighted by Gasteiger charge is -2.23. The van der Waals surface area contributed by atoms with Gasteiger partial charge in [0.2, 0.25) is 0 Å². The number of Topliss-reactive ketones (excluding diaryl/α,β-unsaturated/α-hetero) is 1. The Kier molecular flexibility index (Phi) is 7.53. The van der Waals surface area contributed by atoms with Crippen LogP contribution in [0.25, 0.3) is 16.0 Å². The standard InChI is InChI=1S/C32H32N2O4S/c1-5-6-16-38-24-9-7-8-23(18-24)29(35)27-28(22-13-11-21(12-14-22)19(2)3)34(31(37)30(27)36)32-33-25-15-10-20(4)17-26(25)39-32/h7-15,17-19,28,35H,5-6,16H2,1-4H3/b29-27+. The van der Waals surface area contributed by atoms with Crippen LogP contribution < -0.4 is 9.64 Å². The molecular formula is C32H32N2O4S. The smallest absolute Gasteiger partial charge is 0.301 e. The van der Waals surface area contributed by atoms with Crippen molar-refractivity contribution in [2.24, 2.45) is 0 Å². The number of rotatable bonds is 8. The first-order valence-corrected chi connectivity index (χ1v) is 14.1. The number of aliphatic hydroxyl groups excluding tert-OH is 1. The number of aryl methyl sites for hydroxylation is 1. The second-order valence-electron chi connectivity index (χ2n) is 10.2. The fourth-order valence-corrected chi connectivity index (χ4v) is 5.84. The molecule has 39 heavy (non-hydrogen) atoms. The Labute approximate surface area is 232 Å². The molecule has 0 aliphatic carbocycles. The first-order chi connectivity index (χ1) is 18.8. The average molecular weight is 541 g/mol. The first-order valence-electron chi connectivity index (χ1n) is 13.3. The van der Waals surface area contributed by atoms with Crippen LogP contribution in [0.15, 0.2) is 72.3 Å². The number of aliphatic hydroxyl groups is 1. The second-order valence-corrected chi connectivity index (χ2v) is 11.2. The lowest BCUT2D eigenvalue weighted by molar-refractivity contribution is -0.132. The molecule has 1 saturated heterocycles. The Morgan fingerprint density at radius 2 is 1.85 bits per heavy atom. The molecule has 6 nitrogen and oxygen atoms in total. The van der Waals surface area contributed by atoms with E-state index < -0.39 is 17.7 Å². The van der Waals surface area contributed by atoms with Gasteiger partial charge in [0.05, 0.1) is 28.4 Å². The van der Waals surface area contributed by atoms with Crippen molar-refractivity contribution >= 4 is 44.1 Å². The summed E-state index contributed by atoms with van der Waals surface area (Å²) in [7, 11) is 0. The molecule has 1 aliphatic rings. The minimum Gasteiger partial charge on any atom is -0.507 e. The molecule has 1 atom stereocenters. The first kappa shape index (κ1) is 26.6. The van der Waals surface area contributed by atoms with Crippen molar-refractivity contribution in [1.29, 1.82) is 0 Å². The number of carbonyl (C=O) groups is 2. The summed E-state index contributed by atoms with van der Waals surface area (Å²) >= 11 is 1.36. The Bertz CT molecular complexity index is 1570. The van der Waals surface area contributed by atoms with Gasteiger partial charge < -0.3 is 9.84 Å². The summed E-state index contributed by atoms with van der Waals surface area (Å²) in [5.41, 5.74) is 4.17. The molecule has 1 unspecified atom stereocenters. The third-order valence-electron chi connectivity index (χ3n) is 6.98. The van der Waals surface area contributed by atoms with Crippen LogP contribution in [0.5, 0.6) is 5.75 Å². The molecule has 7 heteroatoms. The topological polar surface area (TPSA) is 79.7 Å².